The first-order valence-corrected chi connectivity index (χ1v) is 8.09. The zero-order chi connectivity index (χ0) is 15.8. The van der Waals surface area contributed by atoms with E-state index in [4.69, 9.17) is 9.72 Å². The Kier molecular flexibility index (Phi) is 3.54. The lowest BCUT2D eigenvalue weighted by molar-refractivity contribution is 0.313. The smallest absolute Gasteiger partial charge is 0.145 e. The van der Waals surface area contributed by atoms with Crippen LogP contribution in [-0.4, -0.2) is 35.0 Å². The van der Waals surface area contributed by atoms with Crippen LogP contribution in [0.15, 0.2) is 48.8 Å². The fourth-order valence-corrected chi connectivity index (χ4v) is 3.55. The Labute approximate surface area is 136 Å². The zero-order valence-corrected chi connectivity index (χ0v) is 13.6. The Bertz CT molecular complexity index is 840. The van der Waals surface area contributed by atoms with Gasteiger partial charge >= 0.3 is 0 Å². The van der Waals surface area contributed by atoms with Gasteiger partial charge in [0, 0.05) is 23.5 Å². The van der Waals surface area contributed by atoms with E-state index in [0.717, 1.165) is 34.8 Å². The highest BCUT2D eigenvalue weighted by atomic mass is 16.5. The topological polar surface area (TPSA) is 29.8 Å². The van der Waals surface area contributed by atoms with Crippen LogP contribution in [0.1, 0.15) is 24.6 Å². The summed E-state index contributed by atoms with van der Waals surface area (Å²) < 4.78 is 7.66. The van der Waals surface area contributed by atoms with Gasteiger partial charge in [0.1, 0.15) is 11.4 Å². The SMILES string of the molecule is COc1ccccc1-c1cccn2cc([C@@H]3CCCN3C)nc12. The molecule has 23 heavy (non-hydrogen) atoms. The van der Waals surface area contributed by atoms with Crippen molar-refractivity contribution in [1.82, 2.24) is 14.3 Å². The maximum atomic E-state index is 5.53. The summed E-state index contributed by atoms with van der Waals surface area (Å²) in [5.41, 5.74) is 4.34. The van der Waals surface area contributed by atoms with Crippen LogP contribution in [0.5, 0.6) is 5.75 Å². The van der Waals surface area contributed by atoms with Crippen LogP contribution < -0.4 is 4.74 Å². The Hall–Kier alpha value is -2.33. The monoisotopic (exact) mass is 307 g/mol. The number of fused-ring (bicyclic) bond motifs is 1. The summed E-state index contributed by atoms with van der Waals surface area (Å²) >= 11 is 0. The molecule has 0 bridgehead atoms. The summed E-state index contributed by atoms with van der Waals surface area (Å²) in [4.78, 5) is 7.36. The number of benzene rings is 1. The van der Waals surface area contributed by atoms with Crippen molar-refractivity contribution in [3.63, 3.8) is 0 Å². The third kappa shape index (κ3) is 2.39. The number of nitrogens with zero attached hydrogens (tertiary/aromatic N) is 3. The highest BCUT2D eigenvalue weighted by molar-refractivity contribution is 5.81. The fraction of sp³-hybridized carbons (Fsp3) is 0.316. The van der Waals surface area contributed by atoms with E-state index in [1.54, 1.807) is 7.11 Å². The van der Waals surface area contributed by atoms with Gasteiger partial charge < -0.3 is 9.14 Å². The lowest BCUT2D eigenvalue weighted by atomic mass is 10.1. The predicted molar refractivity (Wildman–Crippen MR) is 91.8 cm³/mol. The lowest BCUT2D eigenvalue weighted by Crippen LogP contribution is -2.17. The molecule has 4 heteroatoms. The van der Waals surface area contributed by atoms with E-state index in [-0.39, 0.29) is 0 Å². The maximum absolute atomic E-state index is 5.53. The summed E-state index contributed by atoms with van der Waals surface area (Å²) in [6, 6.07) is 12.7. The number of pyridine rings is 1. The standard InChI is InChI=1S/C19H21N3O/c1-21-11-6-9-17(21)16-13-22-12-5-8-15(19(22)20-16)14-7-3-4-10-18(14)23-2/h3-5,7-8,10,12-13,17H,6,9,11H2,1-2H3/t17-/m0/s1. The van der Waals surface area contributed by atoms with Crippen LogP contribution in [0.25, 0.3) is 16.8 Å². The predicted octanol–water partition coefficient (Wildman–Crippen LogP) is 3.78. The molecule has 0 radical (unpaired) electrons. The number of rotatable bonds is 3. The third-order valence-electron chi connectivity index (χ3n) is 4.76. The molecule has 0 spiro atoms. The molecule has 3 heterocycles. The molecule has 1 aliphatic heterocycles. The molecule has 4 nitrogen and oxygen atoms in total. The van der Waals surface area contributed by atoms with Crippen molar-refractivity contribution >= 4 is 5.65 Å². The number of aromatic nitrogens is 2. The molecule has 1 fully saturated rings. The van der Waals surface area contributed by atoms with Crippen molar-refractivity contribution in [2.24, 2.45) is 0 Å². The number of ether oxygens (including phenoxy) is 1. The van der Waals surface area contributed by atoms with Gasteiger partial charge in [0.15, 0.2) is 0 Å². The van der Waals surface area contributed by atoms with Gasteiger partial charge in [-0.1, -0.05) is 18.2 Å². The minimum absolute atomic E-state index is 0.431. The molecule has 3 aromatic rings. The van der Waals surface area contributed by atoms with Crippen molar-refractivity contribution in [1.29, 1.82) is 0 Å². The van der Waals surface area contributed by atoms with Gasteiger partial charge in [-0.15, -0.1) is 0 Å². The lowest BCUT2D eigenvalue weighted by Gasteiger charge is -2.16. The van der Waals surface area contributed by atoms with Gasteiger partial charge in [-0.05, 0) is 44.6 Å². The first-order chi connectivity index (χ1) is 11.3. The molecular weight excluding hydrogens is 286 g/mol. The molecule has 0 saturated carbocycles. The van der Waals surface area contributed by atoms with Crippen LogP contribution in [0.4, 0.5) is 0 Å². The molecule has 1 aliphatic rings. The summed E-state index contributed by atoms with van der Waals surface area (Å²) in [7, 11) is 3.90. The van der Waals surface area contributed by atoms with Crippen molar-refractivity contribution in [2.75, 3.05) is 20.7 Å². The minimum Gasteiger partial charge on any atom is -0.496 e. The molecule has 1 saturated heterocycles. The Morgan fingerprint density at radius 3 is 2.74 bits per heavy atom. The molecule has 0 unspecified atom stereocenters. The second-order valence-corrected chi connectivity index (χ2v) is 6.16. The van der Waals surface area contributed by atoms with E-state index in [9.17, 15) is 0 Å². The van der Waals surface area contributed by atoms with E-state index < -0.39 is 0 Å². The van der Waals surface area contributed by atoms with Crippen molar-refractivity contribution in [3.8, 4) is 16.9 Å². The van der Waals surface area contributed by atoms with Gasteiger partial charge in [0.25, 0.3) is 0 Å². The van der Waals surface area contributed by atoms with Crippen LogP contribution >= 0.6 is 0 Å². The van der Waals surface area contributed by atoms with E-state index >= 15 is 0 Å². The number of para-hydroxylation sites is 1. The van der Waals surface area contributed by atoms with Crippen LogP contribution in [0.2, 0.25) is 0 Å². The van der Waals surface area contributed by atoms with Gasteiger partial charge in [-0.2, -0.15) is 0 Å². The minimum atomic E-state index is 0.431. The number of hydrogen-bond donors (Lipinski definition) is 0. The van der Waals surface area contributed by atoms with Gasteiger partial charge in [-0.25, -0.2) is 4.98 Å². The number of methoxy groups -OCH3 is 1. The highest BCUT2D eigenvalue weighted by Crippen LogP contribution is 2.34. The first-order valence-electron chi connectivity index (χ1n) is 8.09. The van der Waals surface area contributed by atoms with Crippen molar-refractivity contribution in [3.05, 3.63) is 54.5 Å². The molecule has 2 aromatic heterocycles. The van der Waals surface area contributed by atoms with E-state index in [1.807, 2.05) is 18.2 Å². The van der Waals surface area contributed by atoms with E-state index in [2.05, 4.69) is 46.9 Å². The molecule has 1 aromatic carbocycles. The molecule has 4 rings (SSSR count). The summed E-state index contributed by atoms with van der Waals surface area (Å²) in [6.07, 6.45) is 6.67. The van der Waals surface area contributed by atoms with Crippen molar-refractivity contribution in [2.45, 2.75) is 18.9 Å². The van der Waals surface area contributed by atoms with E-state index in [0.29, 0.717) is 6.04 Å². The molecule has 0 aliphatic carbocycles. The van der Waals surface area contributed by atoms with Crippen LogP contribution in [0, 0.1) is 0 Å². The average molecular weight is 307 g/mol. The second-order valence-electron chi connectivity index (χ2n) is 6.16. The summed E-state index contributed by atoms with van der Waals surface area (Å²) in [6.45, 7) is 1.15. The van der Waals surface area contributed by atoms with E-state index in [1.165, 1.54) is 12.8 Å². The Balaban J connectivity index is 1.86. The first kappa shape index (κ1) is 14.3. The van der Waals surface area contributed by atoms with Crippen LogP contribution in [0.3, 0.4) is 0 Å². The van der Waals surface area contributed by atoms with Crippen LogP contribution in [-0.2, 0) is 0 Å². The summed E-state index contributed by atoms with van der Waals surface area (Å²) in [5, 5.41) is 0. The number of hydrogen-bond acceptors (Lipinski definition) is 3. The number of imidazole rings is 1. The fourth-order valence-electron chi connectivity index (χ4n) is 3.55. The highest BCUT2D eigenvalue weighted by Gasteiger charge is 2.25. The van der Waals surface area contributed by atoms with Gasteiger partial charge in [0.2, 0.25) is 0 Å². The average Bonchev–Trinajstić information content (AvgIpc) is 3.19. The number of likely N-dealkylation sites (tertiary alicyclic amines) is 1. The maximum Gasteiger partial charge on any atom is 0.145 e. The van der Waals surface area contributed by atoms with Gasteiger partial charge in [0.05, 0.1) is 18.8 Å². The quantitative estimate of drug-likeness (QED) is 0.737. The molecule has 0 N–H and O–H groups in total. The molecule has 1 atom stereocenters. The normalized spacial score (nSPS) is 18.6. The molecule has 0 amide bonds. The van der Waals surface area contributed by atoms with Crippen molar-refractivity contribution < 1.29 is 4.74 Å². The molecule has 118 valence electrons. The third-order valence-corrected chi connectivity index (χ3v) is 4.76. The van der Waals surface area contributed by atoms with Gasteiger partial charge in [-0.3, -0.25) is 4.90 Å². The molecular formula is C19H21N3O. The zero-order valence-electron chi connectivity index (χ0n) is 13.6. The second kappa shape index (κ2) is 5.70. The largest absolute Gasteiger partial charge is 0.496 e. The Morgan fingerprint density at radius 2 is 1.96 bits per heavy atom. The summed E-state index contributed by atoms with van der Waals surface area (Å²) in [5.74, 6) is 0.878. The Morgan fingerprint density at radius 1 is 1.13 bits per heavy atom.